The highest BCUT2D eigenvalue weighted by Crippen LogP contribution is 2.30. The minimum Gasteiger partial charge on any atom is -0.492 e. The summed E-state index contributed by atoms with van der Waals surface area (Å²) in [5.41, 5.74) is 0.699. The van der Waals surface area contributed by atoms with Crippen LogP contribution in [0.1, 0.15) is 0 Å². The molecule has 0 atom stereocenters. The molecular weight excluding hydrogens is 356 g/mol. The number of aromatic amines is 1. The van der Waals surface area contributed by atoms with Crippen molar-refractivity contribution in [2.45, 2.75) is 4.90 Å². The number of anilines is 1. The quantitative estimate of drug-likeness (QED) is 0.613. The molecule has 0 spiro atoms. The molecule has 3 N–H and O–H groups in total. The zero-order valence-corrected chi connectivity index (χ0v) is 13.9. The summed E-state index contributed by atoms with van der Waals surface area (Å²) in [5.74, 6) is 0.198. The molecule has 7 nitrogen and oxygen atoms in total. The number of thiazole rings is 1. The molecule has 2 heterocycles. The van der Waals surface area contributed by atoms with E-state index in [2.05, 4.69) is 19.7 Å². The molecule has 0 aliphatic carbocycles. The number of hydrogen-bond donors (Lipinski definition) is 3. The second-order valence-electron chi connectivity index (χ2n) is 4.39. The average molecular weight is 366 g/mol. The van der Waals surface area contributed by atoms with Crippen LogP contribution in [0.3, 0.4) is 0 Å². The van der Waals surface area contributed by atoms with Crippen LogP contribution in [0.25, 0.3) is 11.4 Å². The maximum atomic E-state index is 12.3. The molecule has 0 saturated heterocycles. The first kappa shape index (κ1) is 15.6. The van der Waals surface area contributed by atoms with Crippen molar-refractivity contribution in [1.82, 2.24) is 15.0 Å². The van der Waals surface area contributed by atoms with Crippen LogP contribution in [0.15, 0.2) is 47.6 Å². The van der Waals surface area contributed by atoms with Crippen molar-refractivity contribution in [3.05, 3.63) is 46.7 Å². The van der Waals surface area contributed by atoms with Crippen molar-refractivity contribution in [2.75, 3.05) is 4.72 Å². The van der Waals surface area contributed by atoms with Gasteiger partial charge in [-0.2, -0.15) is 0 Å². The summed E-state index contributed by atoms with van der Waals surface area (Å²) in [7, 11) is -3.83. The highest BCUT2D eigenvalue weighted by atomic mass is 32.2. The van der Waals surface area contributed by atoms with Gasteiger partial charge in [-0.3, -0.25) is 4.72 Å². The molecule has 0 unspecified atom stereocenters. The molecule has 0 radical (unpaired) electrons. The van der Waals surface area contributed by atoms with Crippen molar-refractivity contribution in [3.8, 4) is 17.3 Å². The molecule has 3 aromatic rings. The molecule has 118 valence electrons. The lowest BCUT2D eigenvalue weighted by molar-refractivity contribution is 0.459. The standard InChI is InChI=1S/C13H10N4O3S3/c18-11-12(22-13(21)16-11)17-23(19,20)9-4-2-8(3-5-9)10-14-6-1-7-15-10/h1-7,17-18H,(H,16,21). The zero-order valence-electron chi connectivity index (χ0n) is 11.4. The highest BCUT2D eigenvalue weighted by molar-refractivity contribution is 7.93. The number of benzene rings is 1. The summed E-state index contributed by atoms with van der Waals surface area (Å²) in [5, 5.41) is 9.63. The third-order valence-electron chi connectivity index (χ3n) is 2.85. The number of aromatic nitrogens is 3. The maximum Gasteiger partial charge on any atom is 0.262 e. The third kappa shape index (κ3) is 3.38. The van der Waals surface area contributed by atoms with Gasteiger partial charge in [0, 0.05) is 18.0 Å². The van der Waals surface area contributed by atoms with Gasteiger partial charge in [0.1, 0.15) is 0 Å². The minimum absolute atomic E-state index is 0.0467. The first-order valence-electron chi connectivity index (χ1n) is 6.28. The number of H-pyrrole nitrogens is 1. The number of rotatable bonds is 4. The van der Waals surface area contributed by atoms with Crippen LogP contribution in [0.5, 0.6) is 5.88 Å². The van der Waals surface area contributed by atoms with Gasteiger partial charge >= 0.3 is 0 Å². The monoisotopic (exact) mass is 366 g/mol. The van der Waals surface area contributed by atoms with Gasteiger partial charge in [-0.1, -0.05) is 11.3 Å². The molecule has 0 saturated carbocycles. The van der Waals surface area contributed by atoms with Crippen molar-refractivity contribution in [3.63, 3.8) is 0 Å². The molecule has 0 aliphatic rings. The highest BCUT2D eigenvalue weighted by Gasteiger charge is 2.18. The third-order valence-corrected chi connectivity index (χ3v) is 5.48. The summed E-state index contributed by atoms with van der Waals surface area (Å²) < 4.78 is 27.2. The Bertz CT molecular complexity index is 979. The van der Waals surface area contributed by atoms with Crippen LogP contribution in [0.4, 0.5) is 5.00 Å². The van der Waals surface area contributed by atoms with Crippen LogP contribution in [0.2, 0.25) is 0 Å². The van der Waals surface area contributed by atoms with Gasteiger partial charge in [-0.15, -0.1) is 0 Å². The predicted molar refractivity (Wildman–Crippen MR) is 89.4 cm³/mol. The van der Waals surface area contributed by atoms with Crippen molar-refractivity contribution in [1.29, 1.82) is 0 Å². The Kier molecular flexibility index (Phi) is 4.11. The number of nitrogens with zero attached hydrogens (tertiary/aromatic N) is 2. The van der Waals surface area contributed by atoms with E-state index in [1.54, 1.807) is 30.6 Å². The lowest BCUT2D eigenvalue weighted by Gasteiger charge is -2.07. The van der Waals surface area contributed by atoms with E-state index in [1.165, 1.54) is 12.1 Å². The SMILES string of the molecule is O=S(=O)(Nc1sc(=S)[nH]c1O)c1ccc(-c2ncccn2)cc1. The van der Waals surface area contributed by atoms with Gasteiger partial charge in [0.05, 0.1) is 4.90 Å². The number of sulfonamides is 1. The van der Waals surface area contributed by atoms with Crippen LogP contribution in [-0.4, -0.2) is 28.5 Å². The van der Waals surface area contributed by atoms with E-state index in [0.717, 1.165) is 11.3 Å². The summed E-state index contributed by atoms with van der Waals surface area (Å²) in [6, 6.07) is 7.81. The molecular formula is C13H10N4O3S3. The van der Waals surface area contributed by atoms with Crippen LogP contribution >= 0.6 is 23.6 Å². The second-order valence-corrected chi connectivity index (χ2v) is 7.76. The van der Waals surface area contributed by atoms with Crippen LogP contribution < -0.4 is 4.72 Å². The zero-order chi connectivity index (χ0) is 16.4. The minimum atomic E-state index is -3.83. The van der Waals surface area contributed by atoms with E-state index in [4.69, 9.17) is 12.2 Å². The number of aromatic hydroxyl groups is 1. The lowest BCUT2D eigenvalue weighted by Crippen LogP contribution is -2.12. The van der Waals surface area contributed by atoms with Gasteiger partial charge in [0.25, 0.3) is 10.0 Å². The Morgan fingerprint density at radius 1 is 1.17 bits per heavy atom. The summed E-state index contributed by atoms with van der Waals surface area (Å²) in [6.07, 6.45) is 3.22. The Labute approximate surface area is 140 Å². The molecule has 0 amide bonds. The number of nitrogens with one attached hydrogen (secondary N) is 2. The van der Waals surface area contributed by atoms with Crippen molar-refractivity contribution >= 4 is 38.6 Å². The summed E-state index contributed by atoms with van der Waals surface area (Å²) >= 11 is 5.79. The fraction of sp³-hybridized carbons (Fsp3) is 0. The molecule has 23 heavy (non-hydrogen) atoms. The van der Waals surface area contributed by atoms with Crippen molar-refractivity contribution < 1.29 is 13.5 Å². The Hall–Kier alpha value is -2.30. The van der Waals surface area contributed by atoms with E-state index in [-0.39, 0.29) is 19.7 Å². The fourth-order valence-corrected chi connectivity index (χ4v) is 4.08. The largest absolute Gasteiger partial charge is 0.492 e. The van der Waals surface area contributed by atoms with Gasteiger partial charge in [0.2, 0.25) is 5.88 Å². The first-order chi connectivity index (χ1) is 11.0. The maximum absolute atomic E-state index is 12.3. The summed E-state index contributed by atoms with van der Waals surface area (Å²) in [4.78, 5) is 10.7. The first-order valence-corrected chi connectivity index (χ1v) is 8.99. The van der Waals surface area contributed by atoms with Crippen molar-refractivity contribution in [2.24, 2.45) is 0 Å². The van der Waals surface area contributed by atoms with E-state index in [9.17, 15) is 13.5 Å². The van der Waals surface area contributed by atoms with E-state index < -0.39 is 10.0 Å². The van der Waals surface area contributed by atoms with E-state index in [1.807, 2.05) is 0 Å². The second kappa shape index (κ2) is 6.07. The molecule has 0 aliphatic heterocycles. The van der Waals surface area contributed by atoms with Gasteiger partial charge in [-0.05, 0) is 42.5 Å². The van der Waals surface area contributed by atoms with Crippen LogP contribution in [-0.2, 0) is 10.0 Å². The average Bonchev–Trinajstić information content (AvgIpc) is 2.85. The lowest BCUT2D eigenvalue weighted by atomic mass is 10.2. The molecule has 2 aromatic heterocycles. The number of hydrogen-bond acceptors (Lipinski definition) is 7. The van der Waals surface area contributed by atoms with E-state index >= 15 is 0 Å². The van der Waals surface area contributed by atoms with Crippen LogP contribution in [0, 0.1) is 3.95 Å². The molecule has 3 rings (SSSR count). The predicted octanol–water partition coefficient (Wildman–Crippen LogP) is 2.77. The van der Waals surface area contributed by atoms with Gasteiger partial charge in [-0.25, -0.2) is 18.4 Å². The smallest absolute Gasteiger partial charge is 0.262 e. The van der Waals surface area contributed by atoms with Gasteiger partial charge in [0.15, 0.2) is 14.8 Å². The normalized spacial score (nSPS) is 11.3. The Morgan fingerprint density at radius 3 is 2.39 bits per heavy atom. The van der Waals surface area contributed by atoms with Gasteiger partial charge < -0.3 is 10.1 Å². The van der Waals surface area contributed by atoms with E-state index in [0.29, 0.717) is 11.4 Å². The Morgan fingerprint density at radius 2 is 1.83 bits per heavy atom. The molecule has 0 bridgehead atoms. The molecule has 10 heteroatoms. The molecule has 0 fully saturated rings. The molecule has 1 aromatic carbocycles. The topological polar surface area (TPSA) is 108 Å². The fourth-order valence-electron chi connectivity index (χ4n) is 1.80. The Balaban J connectivity index is 1.89. The summed E-state index contributed by atoms with van der Waals surface area (Å²) in [6.45, 7) is 0.